The number of likely N-dealkylation sites (tertiary alicyclic amines) is 1. The maximum atomic E-state index is 12.6. The number of rotatable bonds is 4. The van der Waals surface area contributed by atoms with E-state index in [-0.39, 0.29) is 12.2 Å². The largest absolute Gasteiger partial charge is 0.293 e. The first-order valence-electron chi connectivity index (χ1n) is 8.25. The number of hydrogen-bond acceptors (Lipinski definition) is 2. The minimum Gasteiger partial charge on any atom is -0.293 e. The van der Waals surface area contributed by atoms with E-state index >= 15 is 0 Å². The highest BCUT2D eigenvalue weighted by molar-refractivity contribution is 7.12. The Bertz CT molecular complexity index is 416. The summed E-state index contributed by atoms with van der Waals surface area (Å²) < 4.78 is 12.6. The van der Waals surface area contributed by atoms with Crippen molar-refractivity contribution in [1.29, 1.82) is 0 Å². The molecule has 1 nitrogen and oxygen atoms in total. The Morgan fingerprint density at radius 2 is 1.70 bits per heavy atom. The molecule has 0 bridgehead atoms. The molecule has 2 fully saturated rings. The topological polar surface area (TPSA) is 3.24 Å². The second-order valence-electron chi connectivity index (χ2n) is 6.34. The molecule has 2 heterocycles. The molecule has 112 valence electrons. The first-order valence-corrected chi connectivity index (χ1v) is 9.07. The van der Waals surface area contributed by atoms with Crippen LogP contribution in [0.5, 0.6) is 0 Å². The minimum absolute atomic E-state index is 0.226. The van der Waals surface area contributed by atoms with Crippen molar-refractivity contribution in [2.24, 2.45) is 0 Å². The molecule has 1 aromatic heterocycles. The van der Waals surface area contributed by atoms with Crippen LogP contribution >= 0.6 is 11.3 Å². The summed E-state index contributed by atoms with van der Waals surface area (Å²) in [4.78, 5) is 5.51. The lowest BCUT2D eigenvalue weighted by atomic mass is 9.78. The van der Waals surface area contributed by atoms with Crippen LogP contribution in [0.25, 0.3) is 0 Å². The van der Waals surface area contributed by atoms with Crippen molar-refractivity contribution in [1.82, 2.24) is 4.90 Å². The SMILES string of the molecule is [18F]CCc1ccc(C2(N3CCCCC3)CCCCC2)s1. The summed E-state index contributed by atoms with van der Waals surface area (Å²) in [5.41, 5.74) is 0.290. The van der Waals surface area contributed by atoms with E-state index in [9.17, 15) is 4.39 Å². The van der Waals surface area contributed by atoms with Gasteiger partial charge in [-0.1, -0.05) is 25.7 Å². The summed E-state index contributed by atoms with van der Waals surface area (Å²) >= 11 is 1.87. The van der Waals surface area contributed by atoms with Crippen molar-refractivity contribution in [2.45, 2.75) is 63.3 Å². The van der Waals surface area contributed by atoms with Crippen LogP contribution in [0, 0.1) is 0 Å². The van der Waals surface area contributed by atoms with Crippen molar-refractivity contribution in [3.63, 3.8) is 0 Å². The smallest absolute Gasteiger partial charge is 0.0942 e. The van der Waals surface area contributed by atoms with Crippen LogP contribution < -0.4 is 0 Å². The molecule has 3 rings (SSSR count). The fraction of sp³-hybridized carbons (Fsp3) is 0.765. The third-order valence-electron chi connectivity index (χ3n) is 5.10. The lowest BCUT2D eigenvalue weighted by Crippen LogP contribution is -2.49. The highest BCUT2D eigenvalue weighted by Gasteiger charge is 2.40. The third-order valence-corrected chi connectivity index (χ3v) is 6.44. The standard InChI is InChI=1S/C17H26FNS/c18-12-9-15-7-8-16(20-15)17(10-3-1-4-11-17)19-13-5-2-6-14-19/h7-8H,1-6,9-14H2/i18-1. The molecule has 20 heavy (non-hydrogen) atoms. The van der Waals surface area contributed by atoms with E-state index in [1.807, 2.05) is 11.3 Å². The minimum atomic E-state index is -0.226. The van der Waals surface area contributed by atoms with E-state index in [0.29, 0.717) is 6.42 Å². The van der Waals surface area contributed by atoms with Gasteiger partial charge in [0.2, 0.25) is 0 Å². The number of aryl methyl sites for hydroxylation is 1. The molecule has 1 saturated carbocycles. The van der Waals surface area contributed by atoms with Crippen LogP contribution in [0.2, 0.25) is 0 Å². The molecule has 0 N–H and O–H groups in total. The Hall–Kier alpha value is -0.410. The second kappa shape index (κ2) is 6.57. The molecule has 3 heteroatoms. The number of nitrogens with zero attached hydrogens (tertiary/aromatic N) is 1. The summed E-state index contributed by atoms with van der Waals surface area (Å²) in [5, 5.41) is 0. The van der Waals surface area contributed by atoms with E-state index in [4.69, 9.17) is 0 Å². The van der Waals surface area contributed by atoms with Crippen molar-refractivity contribution in [3.8, 4) is 0 Å². The van der Waals surface area contributed by atoms with Gasteiger partial charge in [0.25, 0.3) is 0 Å². The van der Waals surface area contributed by atoms with Gasteiger partial charge in [-0.05, 0) is 50.9 Å². The number of alkyl halides is 1. The number of piperidine rings is 1. The maximum Gasteiger partial charge on any atom is 0.0942 e. The van der Waals surface area contributed by atoms with Gasteiger partial charge in [0.15, 0.2) is 0 Å². The Kier molecular flexibility index (Phi) is 4.77. The van der Waals surface area contributed by atoms with E-state index in [2.05, 4.69) is 17.0 Å². The zero-order chi connectivity index (χ0) is 13.8. The van der Waals surface area contributed by atoms with Gasteiger partial charge in [-0.3, -0.25) is 9.29 Å². The van der Waals surface area contributed by atoms with Crippen molar-refractivity contribution in [2.75, 3.05) is 19.8 Å². The third kappa shape index (κ3) is 2.80. The van der Waals surface area contributed by atoms with Crippen molar-refractivity contribution in [3.05, 3.63) is 21.9 Å². The van der Waals surface area contributed by atoms with Crippen LogP contribution in [-0.2, 0) is 12.0 Å². The molecule has 2 aliphatic rings. The van der Waals surface area contributed by atoms with E-state index in [1.165, 1.54) is 74.2 Å². The number of halogens is 1. The molecule has 0 unspecified atom stereocenters. The van der Waals surface area contributed by atoms with E-state index in [0.717, 1.165) is 0 Å². The number of thiophene rings is 1. The molecule has 0 amide bonds. The molecular formula is C17H26FNS. The molecule has 1 aliphatic carbocycles. The van der Waals surface area contributed by atoms with Gasteiger partial charge >= 0.3 is 0 Å². The molecule has 0 spiro atoms. The summed E-state index contributed by atoms with van der Waals surface area (Å²) in [6, 6.07) is 4.47. The van der Waals surface area contributed by atoms with Gasteiger partial charge < -0.3 is 0 Å². The van der Waals surface area contributed by atoms with Gasteiger partial charge in [-0.25, -0.2) is 0 Å². The first kappa shape index (κ1) is 14.5. The number of hydrogen-bond donors (Lipinski definition) is 0. The molecular weight excluding hydrogens is 268 g/mol. The Morgan fingerprint density at radius 1 is 1.00 bits per heavy atom. The molecule has 1 saturated heterocycles. The second-order valence-corrected chi connectivity index (χ2v) is 7.51. The summed E-state index contributed by atoms with van der Waals surface area (Å²) in [6.07, 6.45) is 11.4. The van der Waals surface area contributed by atoms with Crippen LogP contribution in [0.3, 0.4) is 0 Å². The predicted octanol–water partition coefficient (Wildman–Crippen LogP) is 4.91. The van der Waals surface area contributed by atoms with E-state index < -0.39 is 0 Å². The fourth-order valence-corrected chi connectivity index (χ4v) is 5.29. The highest BCUT2D eigenvalue weighted by atomic mass is 32.1. The average molecular weight is 294 g/mol. The van der Waals surface area contributed by atoms with Crippen LogP contribution in [0.1, 0.15) is 61.1 Å². The predicted molar refractivity (Wildman–Crippen MR) is 84.2 cm³/mol. The van der Waals surface area contributed by atoms with Crippen LogP contribution in [-0.4, -0.2) is 24.7 Å². The lowest BCUT2D eigenvalue weighted by molar-refractivity contribution is 0.0332. The quantitative estimate of drug-likeness (QED) is 0.763. The van der Waals surface area contributed by atoms with Crippen LogP contribution in [0.15, 0.2) is 12.1 Å². The maximum absolute atomic E-state index is 12.6. The van der Waals surface area contributed by atoms with Gasteiger partial charge in [0.05, 0.1) is 12.2 Å². The summed E-state index contributed by atoms with van der Waals surface area (Å²) in [6.45, 7) is 2.29. The molecule has 0 radical (unpaired) electrons. The van der Waals surface area contributed by atoms with Gasteiger partial charge in [0.1, 0.15) is 0 Å². The Labute approximate surface area is 126 Å². The molecule has 0 atom stereocenters. The first-order chi connectivity index (χ1) is 9.85. The van der Waals surface area contributed by atoms with Crippen LogP contribution in [0.4, 0.5) is 4.39 Å². The lowest BCUT2D eigenvalue weighted by Gasteiger charge is -2.48. The Morgan fingerprint density at radius 3 is 2.40 bits per heavy atom. The van der Waals surface area contributed by atoms with Gasteiger partial charge in [0, 0.05) is 16.2 Å². The van der Waals surface area contributed by atoms with Crippen molar-refractivity contribution < 1.29 is 4.39 Å². The highest BCUT2D eigenvalue weighted by Crippen LogP contribution is 2.46. The summed E-state index contributed by atoms with van der Waals surface area (Å²) in [5.74, 6) is 0. The zero-order valence-corrected chi connectivity index (χ0v) is 13.2. The zero-order valence-electron chi connectivity index (χ0n) is 12.4. The van der Waals surface area contributed by atoms with Gasteiger partial charge in [-0.2, -0.15) is 0 Å². The van der Waals surface area contributed by atoms with Gasteiger partial charge in [-0.15, -0.1) is 11.3 Å². The monoisotopic (exact) mass is 294 g/mol. The molecule has 1 aliphatic heterocycles. The van der Waals surface area contributed by atoms with Crippen molar-refractivity contribution >= 4 is 11.3 Å². The fourth-order valence-electron chi connectivity index (χ4n) is 4.03. The summed E-state index contributed by atoms with van der Waals surface area (Å²) in [7, 11) is 0. The Balaban J connectivity index is 1.87. The normalized spacial score (nSPS) is 23.9. The molecule has 1 aromatic rings. The molecule has 0 aromatic carbocycles. The average Bonchev–Trinajstić information content (AvgIpc) is 2.98. The van der Waals surface area contributed by atoms with E-state index in [1.54, 1.807) is 0 Å².